The van der Waals surface area contributed by atoms with Crippen LogP contribution in [0, 0.1) is 0 Å². The molecule has 22 heavy (non-hydrogen) atoms. The molecule has 0 aliphatic rings. The van der Waals surface area contributed by atoms with Gasteiger partial charge in [0, 0.05) is 5.56 Å². The minimum atomic E-state index is 0.0135. The zero-order valence-electron chi connectivity index (χ0n) is 13.8. The summed E-state index contributed by atoms with van der Waals surface area (Å²) in [6, 6.07) is 16.2. The molecule has 2 rings (SSSR count). The van der Waals surface area contributed by atoms with Crippen LogP contribution >= 0.6 is 0 Å². The van der Waals surface area contributed by atoms with E-state index in [0.29, 0.717) is 13.2 Å². The van der Waals surface area contributed by atoms with Gasteiger partial charge in [0.1, 0.15) is 0 Å². The van der Waals surface area contributed by atoms with Crippen molar-refractivity contribution in [2.24, 2.45) is 0 Å². The van der Waals surface area contributed by atoms with E-state index >= 15 is 0 Å². The molecule has 2 nitrogen and oxygen atoms in total. The van der Waals surface area contributed by atoms with Crippen LogP contribution in [0.15, 0.2) is 48.5 Å². The maximum atomic E-state index is 11.7. The molecule has 0 spiro atoms. The van der Waals surface area contributed by atoms with E-state index in [-0.39, 0.29) is 11.2 Å². The molecule has 0 heterocycles. The van der Waals surface area contributed by atoms with Crippen molar-refractivity contribution < 1.29 is 9.53 Å². The van der Waals surface area contributed by atoms with Gasteiger partial charge in [0.25, 0.3) is 0 Å². The Morgan fingerprint density at radius 3 is 2.18 bits per heavy atom. The first-order chi connectivity index (χ1) is 10.4. The Kier molecular flexibility index (Phi) is 5.15. The van der Waals surface area contributed by atoms with Gasteiger partial charge in [0.15, 0.2) is 5.78 Å². The number of hydrogen-bond acceptors (Lipinski definition) is 2. The first-order valence-corrected chi connectivity index (χ1v) is 7.63. The first kappa shape index (κ1) is 16.4. The summed E-state index contributed by atoms with van der Waals surface area (Å²) >= 11 is 0. The highest BCUT2D eigenvalue weighted by molar-refractivity contribution is 5.94. The molecule has 2 aromatic carbocycles. The average molecular weight is 296 g/mol. The lowest BCUT2D eigenvalue weighted by Crippen LogP contribution is -2.13. The van der Waals surface area contributed by atoms with E-state index in [1.54, 1.807) is 6.92 Å². The molecule has 2 heteroatoms. The molecule has 0 radical (unpaired) electrons. The van der Waals surface area contributed by atoms with Gasteiger partial charge in [-0.1, -0.05) is 57.2 Å². The zero-order chi connectivity index (χ0) is 16.2. The average Bonchev–Trinajstić information content (AvgIpc) is 2.47. The topological polar surface area (TPSA) is 26.3 Å². The van der Waals surface area contributed by atoms with Gasteiger partial charge in [-0.05, 0) is 41.2 Å². The molecule has 2 aromatic rings. The van der Waals surface area contributed by atoms with Gasteiger partial charge in [-0.3, -0.25) is 4.79 Å². The van der Waals surface area contributed by atoms with E-state index in [9.17, 15) is 4.79 Å². The molecule has 0 aliphatic carbocycles. The smallest absolute Gasteiger partial charge is 0.159 e. The van der Waals surface area contributed by atoms with Gasteiger partial charge in [0.2, 0.25) is 0 Å². The molecule has 0 amide bonds. The van der Waals surface area contributed by atoms with Gasteiger partial charge < -0.3 is 4.74 Å². The predicted octanol–water partition coefficient (Wildman–Crippen LogP) is 4.90. The fraction of sp³-hybridized carbons (Fsp3) is 0.350. The minimum Gasteiger partial charge on any atom is -0.372 e. The number of rotatable bonds is 5. The number of hydrogen-bond donors (Lipinski definition) is 0. The van der Waals surface area contributed by atoms with Gasteiger partial charge in [0.05, 0.1) is 13.2 Å². The van der Waals surface area contributed by atoms with Crippen LogP contribution in [0.25, 0.3) is 0 Å². The third-order valence-electron chi connectivity index (χ3n) is 3.65. The summed E-state index contributed by atoms with van der Waals surface area (Å²) in [4.78, 5) is 11.7. The summed E-state index contributed by atoms with van der Waals surface area (Å²) in [5, 5.41) is 0. The number of carbonyl (C=O) groups excluding carboxylic acids is 1. The van der Waals surface area contributed by atoms with E-state index in [1.165, 1.54) is 5.56 Å². The number of ketones is 1. The van der Waals surface area contributed by atoms with Crippen molar-refractivity contribution in [2.75, 3.05) is 0 Å². The number of Topliss-reactive ketones (excluding diaryl/α,β-unsaturated/α-hetero) is 1. The van der Waals surface area contributed by atoms with Crippen molar-refractivity contribution in [1.29, 1.82) is 0 Å². The summed E-state index contributed by atoms with van der Waals surface area (Å²) in [6.07, 6.45) is 0. The van der Waals surface area contributed by atoms with Crippen LogP contribution in [0.3, 0.4) is 0 Å². The van der Waals surface area contributed by atoms with Crippen LogP contribution in [0.1, 0.15) is 54.7 Å². The molecule has 0 atom stereocenters. The molecule has 0 fully saturated rings. The summed E-state index contributed by atoms with van der Waals surface area (Å²) in [7, 11) is 0. The molecule has 0 bridgehead atoms. The fourth-order valence-corrected chi connectivity index (χ4v) is 2.27. The molecule has 0 saturated carbocycles. The van der Waals surface area contributed by atoms with Crippen molar-refractivity contribution in [3.05, 3.63) is 70.8 Å². The Bertz CT molecular complexity index is 637. The molecule has 0 N–H and O–H groups in total. The Labute approximate surface area is 133 Å². The normalized spacial score (nSPS) is 11.5. The highest BCUT2D eigenvalue weighted by Gasteiger charge is 2.16. The van der Waals surface area contributed by atoms with Crippen LogP contribution < -0.4 is 0 Å². The van der Waals surface area contributed by atoms with E-state index < -0.39 is 0 Å². The maximum absolute atomic E-state index is 11.7. The largest absolute Gasteiger partial charge is 0.372 e. The van der Waals surface area contributed by atoms with Crippen LogP contribution in [0.5, 0.6) is 0 Å². The second kappa shape index (κ2) is 6.89. The minimum absolute atomic E-state index is 0.0135. The molecule has 116 valence electrons. The van der Waals surface area contributed by atoms with Crippen LogP contribution in [0.2, 0.25) is 0 Å². The molecule has 0 saturated heterocycles. The fourth-order valence-electron chi connectivity index (χ4n) is 2.27. The molecular formula is C20H24O2. The van der Waals surface area contributed by atoms with E-state index in [0.717, 1.165) is 16.7 Å². The molecule has 0 aliphatic heterocycles. The summed E-state index contributed by atoms with van der Waals surface area (Å²) in [5.74, 6) is 0.0930. The molecule has 0 unspecified atom stereocenters. The Morgan fingerprint density at radius 1 is 0.955 bits per heavy atom. The standard InChI is InChI=1S/C20H24O2/c1-15(21)18-10-17(11-19(12-18)20(2,3)4)14-22-13-16-8-6-5-7-9-16/h5-12H,13-14H2,1-4H3. The highest BCUT2D eigenvalue weighted by atomic mass is 16.5. The van der Waals surface area contributed by atoms with Gasteiger partial charge >= 0.3 is 0 Å². The Balaban J connectivity index is 2.12. The quantitative estimate of drug-likeness (QED) is 0.733. The summed E-state index contributed by atoms with van der Waals surface area (Å²) in [5.41, 5.74) is 4.14. The molecular weight excluding hydrogens is 272 g/mol. The van der Waals surface area contributed by atoms with E-state index in [4.69, 9.17) is 4.74 Å². The second-order valence-electron chi connectivity index (χ2n) is 6.70. The lowest BCUT2D eigenvalue weighted by molar-refractivity contribution is 0.101. The highest BCUT2D eigenvalue weighted by Crippen LogP contribution is 2.25. The van der Waals surface area contributed by atoms with Crippen LogP contribution in [0.4, 0.5) is 0 Å². The maximum Gasteiger partial charge on any atom is 0.159 e. The SMILES string of the molecule is CC(=O)c1cc(COCc2ccccc2)cc(C(C)(C)C)c1. The van der Waals surface area contributed by atoms with Crippen molar-refractivity contribution in [3.8, 4) is 0 Å². The van der Waals surface area contributed by atoms with Crippen molar-refractivity contribution in [1.82, 2.24) is 0 Å². The zero-order valence-corrected chi connectivity index (χ0v) is 13.8. The lowest BCUT2D eigenvalue weighted by atomic mass is 9.84. The Hall–Kier alpha value is -1.93. The lowest BCUT2D eigenvalue weighted by Gasteiger charge is -2.21. The Morgan fingerprint density at radius 2 is 1.59 bits per heavy atom. The first-order valence-electron chi connectivity index (χ1n) is 7.63. The summed E-state index contributed by atoms with van der Waals surface area (Å²) < 4.78 is 5.80. The molecule has 0 aromatic heterocycles. The third kappa shape index (κ3) is 4.54. The van der Waals surface area contributed by atoms with E-state index in [2.05, 4.69) is 26.8 Å². The summed E-state index contributed by atoms with van der Waals surface area (Å²) in [6.45, 7) is 9.16. The van der Waals surface area contributed by atoms with Gasteiger partial charge in [-0.15, -0.1) is 0 Å². The number of ether oxygens (including phenoxy) is 1. The van der Waals surface area contributed by atoms with Gasteiger partial charge in [-0.2, -0.15) is 0 Å². The second-order valence-corrected chi connectivity index (χ2v) is 6.70. The van der Waals surface area contributed by atoms with Crippen molar-refractivity contribution in [3.63, 3.8) is 0 Å². The van der Waals surface area contributed by atoms with Crippen LogP contribution in [-0.4, -0.2) is 5.78 Å². The number of benzene rings is 2. The number of carbonyl (C=O) groups is 1. The predicted molar refractivity (Wildman–Crippen MR) is 90.1 cm³/mol. The van der Waals surface area contributed by atoms with E-state index in [1.807, 2.05) is 42.5 Å². The van der Waals surface area contributed by atoms with Crippen molar-refractivity contribution in [2.45, 2.75) is 46.3 Å². The van der Waals surface area contributed by atoms with Crippen molar-refractivity contribution >= 4 is 5.78 Å². The van der Waals surface area contributed by atoms with Gasteiger partial charge in [-0.25, -0.2) is 0 Å². The monoisotopic (exact) mass is 296 g/mol. The van der Waals surface area contributed by atoms with Crippen LogP contribution in [-0.2, 0) is 23.4 Å². The third-order valence-corrected chi connectivity index (χ3v) is 3.65.